The third-order valence-corrected chi connectivity index (χ3v) is 2.62. The number of aliphatic hydroxyl groups excluding tert-OH is 1. The molecule has 2 N–H and O–H groups in total. The van der Waals surface area contributed by atoms with Gasteiger partial charge < -0.3 is 19.9 Å². The van der Waals surface area contributed by atoms with Gasteiger partial charge in [0.2, 0.25) is 0 Å². The SMILES string of the molecule is CC(C)OCCOCC(O)CNc1ccc(F)cc1C#N. The van der Waals surface area contributed by atoms with Crippen LogP contribution in [0.4, 0.5) is 10.1 Å². The zero-order chi connectivity index (χ0) is 15.7. The van der Waals surface area contributed by atoms with E-state index in [4.69, 9.17) is 14.7 Å². The van der Waals surface area contributed by atoms with Crippen molar-refractivity contribution < 1.29 is 19.0 Å². The number of nitrogens with zero attached hydrogens (tertiary/aromatic N) is 1. The summed E-state index contributed by atoms with van der Waals surface area (Å²) >= 11 is 0. The number of benzene rings is 1. The number of hydrogen-bond acceptors (Lipinski definition) is 5. The van der Waals surface area contributed by atoms with Crippen LogP contribution in [0.15, 0.2) is 18.2 Å². The van der Waals surface area contributed by atoms with Gasteiger partial charge in [0.05, 0.1) is 43.3 Å². The van der Waals surface area contributed by atoms with E-state index in [-0.39, 0.29) is 24.8 Å². The third kappa shape index (κ3) is 7.04. The number of ether oxygens (including phenoxy) is 2. The van der Waals surface area contributed by atoms with Crippen molar-refractivity contribution in [2.75, 3.05) is 31.7 Å². The third-order valence-electron chi connectivity index (χ3n) is 2.62. The molecule has 21 heavy (non-hydrogen) atoms. The van der Waals surface area contributed by atoms with Crippen molar-refractivity contribution in [3.05, 3.63) is 29.6 Å². The van der Waals surface area contributed by atoms with Crippen molar-refractivity contribution in [2.24, 2.45) is 0 Å². The van der Waals surface area contributed by atoms with Gasteiger partial charge in [-0.25, -0.2) is 4.39 Å². The number of aliphatic hydroxyl groups is 1. The second kappa shape index (κ2) is 9.29. The maximum atomic E-state index is 13.0. The van der Waals surface area contributed by atoms with Gasteiger partial charge in [0.25, 0.3) is 0 Å². The van der Waals surface area contributed by atoms with Crippen LogP contribution in [0.5, 0.6) is 0 Å². The summed E-state index contributed by atoms with van der Waals surface area (Å²) < 4.78 is 23.5. The zero-order valence-electron chi connectivity index (χ0n) is 12.3. The number of hydrogen-bond donors (Lipinski definition) is 2. The molecule has 0 aliphatic rings. The molecule has 1 aromatic rings. The standard InChI is InChI=1S/C15H21FN2O3/c1-11(2)21-6-5-20-10-14(19)9-18-15-4-3-13(16)7-12(15)8-17/h3-4,7,11,14,18-19H,5-6,9-10H2,1-2H3. The highest BCUT2D eigenvalue weighted by molar-refractivity contribution is 5.57. The molecule has 0 amide bonds. The lowest BCUT2D eigenvalue weighted by Gasteiger charge is -2.14. The lowest BCUT2D eigenvalue weighted by molar-refractivity contribution is -0.00734. The maximum absolute atomic E-state index is 13.0. The van der Waals surface area contributed by atoms with Gasteiger partial charge >= 0.3 is 0 Å². The van der Waals surface area contributed by atoms with Crippen molar-refractivity contribution in [3.63, 3.8) is 0 Å². The molecular weight excluding hydrogens is 275 g/mol. The van der Waals surface area contributed by atoms with E-state index in [0.29, 0.717) is 18.9 Å². The Labute approximate surface area is 124 Å². The van der Waals surface area contributed by atoms with E-state index in [1.807, 2.05) is 19.9 Å². The van der Waals surface area contributed by atoms with Crippen LogP contribution in [-0.2, 0) is 9.47 Å². The number of rotatable bonds is 9. The minimum atomic E-state index is -0.722. The number of nitrogens with one attached hydrogen (secondary N) is 1. The van der Waals surface area contributed by atoms with Gasteiger partial charge in [0, 0.05) is 6.54 Å². The topological polar surface area (TPSA) is 74.5 Å². The van der Waals surface area contributed by atoms with Crippen molar-refractivity contribution >= 4 is 5.69 Å². The molecule has 0 saturated carbocycles. The number of halogens is 1. The van der Waals surface area contributed by atoms with Crippen LogP contribution in [0.3, 0.4) is 0 Å². The minimum Gasteiger partial charge on any atom is -0.389 e. The molecule has 116 valence electrons. The van der Waals surface area contributed by atoms with E-state index in [0.717, 1.165) is 6.07 Å². The fourth-order valence-corrected chi connectivity index (χ4v) is 1.61. The van der Waals surface area contributed by atoms with Crippen molar-refractivity contribution in [1.29, 1.82) is 5.26 Å². The highest BCUT2D eigenvalue weighted by atomic mass is 19.1. The Morgan fingerprint density at radius 1 is 1.38 bits per heavy atom. The Morgan fingerprint density at radius 3 is 2.81 bits per heavy atom. The molecule has 1 unspecified atom stereocenters. The normalized spacial score (nSPS) is 12.2. The first-order chi connectivity index (χ1) is 10.0. The summed E-state index contributed by atoms with van der Waals surface area (Å²) in [5.74, 6) is -0.467. The van der Waals surface area contributed by atoms with E-state index in [1.165, 1.54) is 12.1 Å². The Hall–Kier alpha value is -1.68. The summed E-state index contributed by atoms with van der Waals surface area (Å²) in [4.78, 5) is 0. The number of anilines is 1. The summed E-state index contributed by atoms with van der Waals surface area (Å²) in [6.45, 7) is 5.15. The average molecular weight is 296 g/mol. The van der Waals surface area contributed by atoms with Crippen LogP contribution in [0, 0.1) is 17.1 Å². The van der Waals surface area contributed by atoms with Gasteiger partial charge in [-0.3, -0.25) is 0 Å². The van der Waals surface area contributed by atoms with Crippen LogP contribution in [-0.4, -0.2) is 43.7 Å². The Balaban J connectivity index is 2.27. The first-order valence-corrected chi connectivity index (χ1v) is 6.84. The lowest BCUT2D eigenvalue weighted by Crippen LogP contribution is -2.26. The summed E-state index contributed by atoms with van der Waals surface area (Å²) in [7, 11) is 0. The highest BCUT2D eigenvalue weighted by Crippen LogP contribution is 2.15. The molecule has 0 aliphatic heterocycles. The molecule has 0 saturated heterocycles. The highest BCUT2D eigenvalue weighted by Gasteiger charge is 2.07. The Kier molecular flexibility index (Phi) is 7.69. The van der Waals surface area contributed by atoms with E-state index >= 15 is 0 Å². The molecule has 0 spiro atoms. The molecule has 6 heteroatoms. The molecule has 0 fully saturated rings. The first-order valence-electron chi connectivity index (χ1n) is 6.84. The maximum Gasteiger partial charge on any atom is 0.124 e. The van der Waals surface area contributed by atoms with Gasteiger partial charge in [-0.1, -0.05) is 0 Å². The zero-order valence-corrected chi connectivity index (χ0v) is 12.3. The lowest BCUT2D eigenvalue weighted by atomic mass is 10.2. The predicted octanol–water partition coefficient (Wildman–Crippen LogP) is 1.91. The van der Waals surface area contributed by atoms with Gasteiger partial charge in [-0.2, -0.15) is 5.26 Å². The number of nitriles is 1. The van der Waals surface area contributed by atoms with Crippen LogP contribution in [0.1, 0.15) is 19.4 Å². The van der Waals surface area contributed by atoms with Gasteiger partial charge in [0.15, 0.2) is 0 Å². The molecule has 0 radical (unpaired) electrons. The molecule has 1 atom stereocenters. The Morgan fingerprint density at radius 2 is 2.14 bits per heavy atom. The van der Waals surface area contributed by atoms with Gasteiger partial charge in [-0.15, -0.1) is 0 Å². The molecule has 0 aromatic heterocycles. The predicted molar refractivity (Wildman–Crippen MR) is 77.5 cm³/mol. The van der Waals surface area contributed by atoms with Crippen LogP contribution in [0.25, 0.3) is 0 Å². The fourth-order valence-electron chi connectivity index (χ4n) is 1.61. The quantitative estimate of drug-likeness (QED) is 0.681. The molecule has 1 aromatic carbocycles. The van der Waals surface area contributed by atoms with Crippen LogP contribution < -0.4 is 5.32 Å². The second-order valence-corrected chi connectivity index (χ2v) is 4.83. The van der Waals surface area contributed by atoms with Gasteiger partial charge in [-0.05, 0) is 32.0 Å². The van der Waals surface area contributed by atoms with Crippen LogP contribution >= 0.6 is 0 Å². The fraction of sp³-hybridized carbons (Fsp3) is 0.533. The summed E-state index contributed by atoms with van der Waals surface area (Å²) in [6.07, 6.45) is -0.566. The minimum absolute atomic E-state index is 0.156. The van der Waals surface area contributed by atoms with E-state index < -0.39 is 11.9 Å². The Bertz CT molecular complexity index is 474. The van der Waals surface area contributed by atoms with Gasteiger partial charge in [0.1, 0.15) is 11.9 Å². The average Bonchev–Trinajstić information content (AvgIpc) is 2.45. The van der Waals surface area contributed by atoms with Crippen molar-refractivity contribution in [1.82, 2.24) is 0 Å². The van der Waals surface area contributed by atoms with E-state index in [9.17, 15) is 9.50 Å². The molecule has 5 nitrogen and oxygen atoms in total. The monoisotopic (exact) mass is 296 g/mol. The first kappa shape index (κ1) is 17.4. The van der Waals surface area contributed by atoms with Crippen LogP contribution in [0.2, 0.25) is 0 Å². The van der Waals surface area contributed by atoms with E-state index in [1.54, 1.807) is 0 Å². The van der Waals surface area contributed by atoms with E-state index in [2.05, 4.69) is 5.32 Å². The molecular formula is C15H21FN2O3. The molecule has 0 aliphatic carbocycles. The smallest absolute Gasteiger partial charge is 0.124 e. The largest absolute Gasteiger partial charge is 0.389 e. The molecule has 0 heterocycles. The summed E-state index contributed by atoms with van der Waals surface area (Å²) in [5, 5.41) is 21.5. The molecule has 0 bridgehead atoms. The summed E-state index contributed by atoms with van der Waals surface area (Å²) in [5.41, 5.74) is 0.689. The summed E-state index contributed by atoms with van der Waals surface area (Å²) in [6, 6.07) is 5.78. The second-order valence-electron chi connectivity index (χ2n) is 4.83. The van der Waals surface area contributed by atoms with Crippen molar-refractivity contribution in [2.45, 2.75) is 26.1 Å². The van der Waals surface area contributed by atoms with Crippen molar-refractivity contribution in [3.8, 4) is 6.07 Å². The molecule has 1 rings (SSSR count).